The molecule has 0 unspecified atom stereocenters. The Kier molecular flexibility index (Phi) is 12.0. The van der Waals surface area contributed by atoms with Crippen molar-refractivity contribution in [2.75, 3.05) is 12.0 Å². The van der Waals surface area contributed by atoms with E-state index >= 15 is 0 Å². The minimum Gasteiger partial charge on any atom is -0.356 e. The highest BCUT2D eigenvalue weighted by atomic mass is 16.1. The third-order valence-corrected chi connectivity index (χ3v) is 5.14. The molecule has 0 aromatic heterocycles. The van der Waals surface area contributed by atoms with Crippen LogP contribution >= 0.6 is 0 Å². The van der Waals surface area contributed by atoms with Crippen LogP contribution in [0.15, 0.2) is 65.8 Å². The summed E-state index contributed by atoms with van der Waals surface area (Å²) in [6, 6.07) is 19.9. The largest absolute Gasteiger partial charge is 0.356 e. The summed E-state index contributed by atoms with van der Waals surface area (Å²) >= 11 is 0. The number of para-hydroxylation sites is 1. The van der Waals surface area contributed by atoms with Crippen LogP contribution in [0, 0.1) is 0 Å². The van der Waals surface area contributed by atoms with E-state index in [1.807, 2.05) is 60.7 Å². The molecule has 2 aromatic rings. The number of hydrogen-bond acceptors (Lipinski definition) is 3. The maximum atomic E-state index is 12.3. The highest BCUT2D eigenvalue weighted by Crippen LogP contribution is 2.11. The smallest absolute Gasteiger partial charge is 0.220 e. The van der Waals surface area contributed by atoms with Crippen molar-refractivity contribution < 1.29 is 4.79 Å². The maximum absolute atomic E-state index is 12.3. The third-order valence-electron chi connectivity index (χ3n) is 5.14. The van der Waals surface area contributed by atoms with Crippen LogP contribution < -0.4 is 10.7 Å². The van der Waals surface area contributed by atoms with E-state index < -0.39 is 0 Å². The highest BCUT2D eigenvalue weighted by Gasteiger charge is 2.08. The van der Waals surface area contributed by atoms with Crippen LogP contribution in [0.4, 0.5) is 5.69 Å². The van der Waals surface area contributed by atoms with Crippen LogP contribution in [-0.2, 0) is 4.79 Å². The van der Waals surface area contributed by atoms with Gasteiger partial charge in [0.1, 0.15) is 0 Å². The van der Waals surface area contributed by atoms with Gasteiger partial charge in [0.25, 0.3) is 0 Å². The summed E-state index contributed by atoms with van der Waals surface area (Å²) in [4.78, 5) is 12.3. The van der Waals surface area contributed by atoms with E-state index in [-0.39, 0.29) is 5.91 Å². The lowest BCUT2D eigenvalue weighted by atomic mass is 10.1. The fourth-order valence-corrected chi connectivity index (χ4v) is 3.35. The number of nitrogens with one attached hydrogen (secondary N) is 2. The van der Waals surface area contributed by atoms with Crippen LogP contribution in [0.1, 0.15) is 76.7 Å². The summed E-state index contributed by atoms with van der Waals surface area (Å²) in [5.41, 5.74) is 5.97. The number of unbranched alkanes of at least 4 members (excludes halogenated alkanes) is 7. The summed E-state index contributed by atoms with van der Waals surface area (Å²) in [7, 11) is 0. The van der Waals surface area contributed by atoms with Crippen molar-refractivity contribution in [2.45, 2.75) is 71.1 Å². The van der Waals surface area contributed by atoms with Crippen molar-refractivity contribution in [1.82, 2.24) is 5.32 Å². The second-order valence-corrected chi connectivity index (χ2v) is 7.73. The molecule has 0 heterocycles. The molecular formula is C26H37N3O. The van der Waals surface area contributed by atoms with E-state index in [0.717, 1.165) is 29.9 Å². The average Bonchev–Trinajstić information content (AvgIpc) is 2.79. The van der Waals surface area contributed by atoms with E-state index in [1.54, 1.807) is 0 Å². The first-order chi connectivity index (χ1) is 14.8. The third kappa shape index (κ3) is 10.2. The molecule has 0 aliphatic rings. The SMILES string of the molecule is CCCCCCCCCCNC(=O)CC/C(=N/Nc1ccccc1)c1ccccc1. The van der Waals surface area contributed by atoms with Gasteiger partial charge in [0.15, 0.2) is 0 Å². The highest BCUT2D eigenvalue weighted by molar-refractivity contribution is 6.02. The number of anilines is 1. The average molecular weight is 408 g/mol. The number of carbonyl (C=O) groups is 1. The standard InChI is InChI=1S/C26H37N3O/c1-2-3-4-5-6-7-8-15-22-27-26(30)21-20-25(23-16-11-9-12-17-23)29-28-24-18-13-10-14-19-24/h9-14,16-19,28H,2-8,15,20-22H2,1H3,(H,27,30)/b29-25-. The van der Waals surface area contributed by atoms with Gasteiger partial charge in [-0.05, 0) is 24.1 Å². The Bertz CT molecular complexity index is 728. The Balaban J connectivity index is 1.71. The molecule has 0 aliphatic heterocycles. The minimum atomic E-state index is 0.0984. The molecule has 0 aliphatic carbocycles. The summed E-state index contributed by atoms with van der Waals surface area (Å²) in [6.07, 6.45) is 11.3. The molecule has 30 heavy (non-hydrogen) atoms. The fraction of sp³-hybridized carbons (Fsp3) is 0.462. The number of nitrogens with zero attached hydrogens (tertiary/aromatic N) is 1. The Morgan fingerprint density at radius 1 is 0.767 bits per heavy atom. The molecular weight excluding hydrogens is 370 g/mol. The zero-order valence-corrected chi connectivity index (χ0v) is 18.4. The van der Waals surface area contributed by atoms with E-state index in [0.29, 0.717) is 12.8 Å². The molecule has 0 atom stereocenters. The molecule has 2 rings (SSSR count). The first-order valence-corrected chi connectivity index (χ1v) is 11.5. The van der Waals surface area contributed by atoms with Crippen LogP contribution in [0.3, 0.4) is 0 Å². The predicted octanol–water partition coefficient (Wildman–Crippen LogP) is 6.54. The molecule has 1 amide bonds. The maximum Gasteiger partial charge on any atom is 0.220 e. The lowest BCUT2D eigenvalue weighted by Gasteiger charge is -2.09. The molecule has 0 saturated heterocycles. The van der Waals surface area contributed by atoms with Gasteiger partial charge in [0.05, 0.1) is 11.4 Å². The van der Waals surface area contributed by atoms with E-state index in [2.05, 4.69) is 22.8 Å². The van der Waals surface area contributed by atoms with Gasteiger partial charge in [0, 0.05) is 19.4 Å². The molecule has 162 valence electrons. The molecule has 0 spiro atoms. The van der Waals surface area contributed by atoms with Gasteiger partial charge in [-0.15, -0.1) is 0 Å². The van der Waals surface area contributed by atoms with Crippen molar-refractivity contribution in [1.29, 1.82) is 0 Å². The fourth-order valence-electron chi connectivity index (χ4n) is 3.35. The van der Waals surface area contributed by atoms with Gasteiger partial charge in [0.2, 0.25) is 5.91 Å². The van der Waals surface area contributed by atoms with Gasteiger partial charge >= 0.3 is 0 Å². The van der Waals surface area contributed by atoms with E-state index in [1.165, 1.54) is 44.9 Å². The summed E-state index contributed by atoms with van der Waals surface area (Å²) in [5.74, 6) is 0.0984. The number of benzene rings is 2. The number of rotatable bonds is 15. The lowest BCUT2D eigenvalue weighted by Crippen LogP contribution is -2.25. The number of hydrazone groups is 1. The monoisotopic (exact) mass is 407 g/mol. The Morgan fingerprint density at radius 3 is 2.03 bits per heavy atom. The second kappa shape index (κ2) is 15.3. The van der Waals surface area contributed by atoms with Crippen LogP contribution in [0.25, 0.3) is 0 Å². The molecule has 0 bridgehead atoms. The van der Waals surface area contributed by atoms with Crippen molar-refractivity contribution in [3.63, 3.8) is 0 Å². The first kappa shape index (κ1) is 23.7. The summed E-state index contributed by atoms with van der Waals surface area (Å²) in [6.45, 7) is 3.02. The lowest BCUT2D eigenvalue weighted by molar-refractivity contribution is -0.120. The molecule has 0 fully saturated rings. The Hall–Kier alpha value is -2.62. The normalized spacial score (nSPS) is 11.3. The van der Waals surface area contributed by atoms with Gasteiger partial charge in [-0.2, -0.15) is 5.10 Å². The number of amides is 1. The number of carbonyl (C=O) groups excluding carboxylic acids is 1. The van der Waals surface area contributed by atoms with Crippen molar-refractivity contribution in [3.8, 4) is 0 Å². The van der Waals surface area contributed by atoms with Gasteiger partial charge in [-0.3, -0.25) is 10.2 Å². The van der Waals surface area contributed by atoms with Crippen molar-refractivity contribution in [2.24, 2.45) is 5.10 Å². The Labute approximate surface area is 182 Å². The van der Waals surface area contributed by atoms with E-state index in [4.69, 9.17) is 0 Å². The second-order valence-electron chi connectivity index (χ2n) is 7.73. The molecule has 2 N–H and O–H groups in total. The molecule has 4 nitrogen and oxygen atoms in total. The number of hydrogen-bond donors (Lipinski definition) is 2. The molecule has 2 aromatic carbocycles. The topological polar surface area (TPSA) is 53.5 Å². The Morgan fingerprint density at radius 2 is 1.37 bits per heavy atom. The predicted molar refractivity (Wildman–Crippen MR) is 128 cm³/mol. The van der Waals surface area contributed by atoms with Gasteiger partial charge in [-0.25, -0.2) is 0 Å². The molecule has 4 heteroatoms. The quantitative estimate of drug-likeness (QED) is 0.200. The summed E-state index contributed by atoms with van der Waals surface area (Å²) < 4.78 is 0. The van der Waals surface area contributed by atoms with Crippen LogP contribution in [-0.4, -0.2) is 18.2 Å². The van der Waals surface area contributed by atoms with Crippen LogP contribution in [0.2, 0.25) is 0 Å². The first-order valence-electron chi connectivity index (χ1n) is 11.5. The molecule has 0 saturated carbocycles. The van der Waals surface area contributed by atoms with E-state index in [9.17, 15) is 4.79 Å². The minimum absolute atomic E-state index is 0.0984. The van der Waals surface area contributed by atoms with Gasteiger partial charge in [-0.1, -0.05) is 100 Å². The van der Waals surface area contributed by atoms with Crippen molar-refractivity contribution >= 4 is 17.3 Å². The van der Waals surface area contributed by atoms with Crippen molar-refractivity contribution in [3.05, 3.63) is 66.2 Å². The van der Waals surface area contributed by atoms with Crippen LogP contribution in [0.5, 0.6) is 0 Å². The zero-order valence-electron chi connectivity index (χ0n) is 18.4. The van der Waals surface area contributed by atoms with Gasteiger partial charge < -0.3 is 5.32 Å². The zero-order chi connectivity index (χ0) is 21.3. The molecule has 0 radical (unpaired) electrons. The summed E-state index contributed by atoms with van der Waals surface area (Å²) in [5, 5.41) is 7.63.